The van der Waals surface area contributed by atoms with Crippen LogP contribution in [0.5, 0.6) is 0 Å². The largest absolute Gasteiger partial charge is 0.456 e. The van der Waals surface area contributed by atoms with Crippen LogP contribution in [0.4, 0.5) is 17.1 Å². The van der Waals surface area contributed by atoms with E-state index in [1.165, 1.54) is 55.6 Å². The van der Waals surface area contributed by atoms with Gasteiger partial charge in [0.25, 0.3) is 0 Å². The van der Waals surface area contributed by atoms with Gasteiger partial charge in [0.15, 0.2) is 0 Å². The van der Waals surface area contributed by atoms with E-state index < -0.39 is 0 Å². The number of para-hydroxylation sites is 1. The smallest absolute Gasteiger partial charge is 0.135 e. The number of hydrogen-bond donors (Lipinski definition) is 0. The molecule has 1 aromatic heterocycles. The fraction of sp³-hybridized carbons (Fsp3) is 0.125. The molecular weight excluding hydrogens is 607 g/mol. The topological polar surface area (TPSA) is 16.4 Å². The van der Waals surface area contributed by atoms with Crippen molar-refractivity contribution in [3.63, 3.8) is 0 Å². The molecule has 8 aromatic rings. The maximum atomic E-state index is 6.25. The van der Waals surface area contributed by atoms with Crippen LogP contribution in [0.3, 0.4) is 0 Å². The summed E-state index contributed by atoms with van der Waals surface area (Å²) in [6.07, 6.45) is 0. The van der Waals surface area contributed by atoms with Gasteiger partial charge in [-0.1, -0.05) is 131 Å². The van der Waals surface area contributed by atoms with Crippen LogP contribution < -0.4 is 4.90 Å². The molecule has 0 radical (unpaired) electrons. The van der Waals surface area contributed by atoms with E-state index in [2.05, 4.69) is 172 Å². The lowest BCUT2D eigenvalue weighted by Crippen LogP contribution is -2.16. The van der Waals surface area contributed by atoms with Gasteiger partial charge < -0.3 is 9.32 Å². The second-order valence-electron chi connectivity index (χ2n) is 15.0. The Hall–Kier alpha value is -5.86. The highest BCUT2D eigenvalue weighted by Crippen LogP contribution is 2.53. The van der Waals surface area contributed by atoms with Crippen LogP contribution in [0, 0.1) is 0 Å². The standard InChI is InChI=1S/C48H37NO/c1-47(2)41-17-8-5-12-35(41)37-26-24-33(29-43(37)47)49(32-25-27-45-40(28-32)38-14-7-10-19-44(38)50-45)31-22-20-30(21-23-31)34-15-11-16-39-36-13-6-9-18-42(36)48(3,4)46(34)39/h5-29H,1-4H3. The molecule has 0 N–H and O–H groups in total. The lowest BCUT2D eigenvalue weighted by atomic mass is 9.79. The van der Waals surface area contributed by atoms with Crippen molar-refractivity contribution in [2.45, 2.75) is 38.5 Å². The average Bonchev–Trinajstić information content (AvgIpc) is 3.72. The minimum absolute atomic E-state index is 0.0786. The zero-order valence-corrected chi connectivity index (χ0v) is 28.8. The Kier molecular flexibility index (Phi) is 6.01. The molecule has 240 valence electrons. The molecular formula is C48H37NO. The molecule has 0 amide bonds. The molecule has 2 heteroatoms. The molecule has 2 aliphatic carbocycles. The van der Waals surface area contributed by atoms with Gasteiger partial charge in [0.2, 0.25) is 0 Å². The van der Waals surface area contributed by atoms with Gasteiger partial charge in [0.05, 0.1) is 0 Å². The first kappa shape index (κ1) is 29.1. The molecule has 7 aromatic carbocycles. The number of nitrogens with zero attached hydrogens (tertiary/aromatic N) is 1. The van der Waals surface area contributed by atoms with E-state index in [0.717, 1.165) is 39.0 Å². The maximum absolute atomic E-state index is 6.25. The van der Waals surface area contributed by atoms with Crippen molar-refractivity contribution in [3.8, 4) is 33.4 Å². The molecule has 2 nitrogen and oxygen atoms in total. The minimum atomic E-state index is -0.0970. The third kappa shape index (κ3) is 4.02. The van der Waals surface area contributed by atoms with Crippen LogP contribution in [-0.4, -0.2) is 0 Å². The molecule has 0 aliphatic heterocycles. The van der Waals surface area contributed by atoms with Gasteiger partial charge in [0.1, 0.15) is 11.2 Å². The number of hydrogen-bond acceptors (Lipinski definition) is 2. The predicted octanol–water partition coefficient (Wildman–Crippen LogP) is 13.3. The summed E-state index contributed by atoms with van der Waals surface area (Å²) in [6.45, 7) is 9.42. The van der Waals surface area contributed by atoms with Crippen LogP contribution in [0.2, 0.25) is 0 Å². The average molecular weight is 644 g/mol. The highest BCUT2D eigenvalue weighted by Gasteiger charge is 2.38. The van der Waals surface area contributed by atoms with Gasteiger partial charge >= 0.3 is 0 Å². The summed E-state index contributed by atoms with van der Waals surface area (Å²) in [7, 11) is 0. The summed E-state index contributed by atoms with van der Waals surface area (Å²) in [6, 6.07) is 55.6. The Labute approximate surface area is 293 Å². The molecule has 10 rings (SSSR count). The van der Waals surface area contributed by atoms with Crippen LogP contribution in [0.1, 0.15) is 49.9 Å². The van der Waals surface area contributed by atoms with Crippen LogP contribution in [0.15, 0.2) is 156 Å². The van der Waals surface area contributed by atoms with Crippen molar-refractivity contribution in [2.75, 3.05) is 4.90 Å². The van der Waals surface area contributed by atoms with Crippen molar-refractivity contribution < 1.29 is 4.42 Å². The van der Waals surface area contributed by atoms with E-state index >= 15 is 0 Å². The Morgan fingerprint density at radius 3 is 1.76 bits per heavy atom. The first-order chi connectivity index (χ1) is 24.3. The van der Waals surface area contributed by atoms with Crippen LogP contribution >= 0.6 is 0 Å². The molecule has 0 bridgehead atoms. The molecule has 2 aliphatic rings. The third-order valence-electron chi connectivity index (χ3n) is 11.5. The van der Waals surface area contributed by atoms with Crippen molar-refractivity contribution in [2.24, 2.45) is 0 Å². The normalized spacial score (nSPS) is 14.7. The van der Waals surface area contributed by atoms with Gasteiger partial charge in [-0.05, 0) is 104 Å². The van der Waals surface area contributed by atoms with Crippen molar-refractivity contribution in [1.29, 1.82) is 0 Å². The highest BCUT2D eigenvalue weighted by molar-refractivity contribution is 6.06. The zero-order valence-electron chi connectivity index (χ0n) is 28.8. The van der Waals surface area contributed by atoms with Gasteiger partial charge in [-0.3, -0.25) is 0 Å². The fourth-order valence-corrected chi connectivity index (χ4v) is 9.01. The summed E-state index contributed by atoms with van der Waals surface area (Å²) in [5, 5.41) is 2.25. The molecule has 0 spiro atoms. The molecule has 0 saturated heterocycles. The van der Waals surface area contributed by atoms with Crippen molar-refractivity contribution in [1.82, 2.24) is 0 Å². The molecule has 50 heavy (non-hydrogen) atoms. The number of rotatable bonds is 4. The zero-order chi connectivity index (χ0) is 33.8. The summed E-state index contributed by atoms with van der Waals surface area (Å²) in [5.41, 5.74) is 18.4. The molecule has 1 heterocycles. The van der Waals surface area contributed by atoms with Gasteiger partial charge in [-0.15, -0.1) is 0 Å². The highest BCUT2D eigenvalue weighted by atomic mass is 16.3. The second-order valence-corrected chi connectivity index (χ2v) is 15.0. The molecule has 0 saturated carbocycles. The minimum Gasteiger partial charge on any atom is -0.456 e. The SMILES string of the molecule is CC1(C)c2ccccc2-c2ccc(N(c3ccc(-c4cccc5c4C(C)(C)c4ccccc4-5)cc3)c3ccc4oc5ccccc5c4c3)cc21. The predicted molar refractivity (Wildman–Crippen MR) is 209 cm³/mol. The Bertz CT molecular complexity index is 2650. The maximum Gasteiger partial charge on any atom is 0.135 e. The lowest BCUT2D eigenvalue weighted by Gasteiger charge is -2.28. The van der Waals surface area contributed by atoms with E-state index in [0.29, 0.717) is 0 Å². The van der Waals surface area contributed by atoms with Gasteiger partial charge in [-0.25, -0.2) is 0 Å². The fourth-order valence-electron chi connectivity index (χ4n) is 9.01. The monoisotopic (exact) mass is 643 g/mol. The second kappa shape index (κ2) is 10.3. The molecule has 0 fully saturated rings. The number of benzene rings is 7. The van der Waals surface area contributed by atoms with Crippen molar-refractivity contribution >= 4 is 39.0 Å². The number of furan rings is 1. The van der Waals surface area contributed by atoms with Gasteiger partial charge in [0, 0.05) is 38.7 Å². The van der Waals surface area contributed by atoms with E-state index in [1.807, 2.05) is 12.1 Å². The Morgan fingerprint density at radius 2 is 0.960 bits per heavy atom. The number of anilines is 3. The third-order valence-corrected chi connectivity index (χ3v) is 11.5. The van der Waals surface area contributed by atoms with E-state index in [9.17, 15) is 0 Å². The van der Waals surface area contributed by atoms with E-state index in [1.54, 1.807) is 0 Å². The Balaban J connectivity index is 1.13. The first-order valence-electron chi connectivity index (χ1n) is 17.6. The molecule has 0 atom stereocenters. The van der Waals surface area contributed by atoms with Crippen LogP contribution in [-0.2, 0) is 10.8 Å². The van der Waals surface area contributed by atoms with Gasteiger partial charge in [-0.2, -0.15) is 0 Å². The first-order valence-corrected chi connectivity index (χ1v) is 17.6. The van der Waals surface area contributed by atoms with Crippen molar-refractivity contribution in [3.05, 3.63) is 174 Å². The summed E-state index contributed by atoms with van der Waals surface area (Å²) >= 11 is 0. The van der Waals surface area contributed by atoms with Crippen LogP contribution in [0.25, 0.3) is 55.3 Å². The summed E-state index contributed by atoms with van der Waals surface area (Å²) in [5.74, 6) is 0. The van der Waals surface area contributed by atoms with E-state index in [4.69, 9.17) is 4.42 Å². The quantitative estimate of drug-likeness (QED) is 0.190. The van der Waals surface area contributed by atoms with E-state index in [-0.39, 0.29) is 10.8 Å². The Morgan fingerprint density at radius 1 is 0.400 bits per heavy atom. The lowest BCUT2D eigenvalue weighted by molar-refractivity contribution is 0.660. The summed E-state index contributed by atoms with van der Waals surface area (Å²) < 4.78 is 6.25. The summed E-state index contributed by atoms with van der Waals surface area (Å²) in [4.78, 5) is 2.40. The molecule has 0 unspecified atom stereocenters. The number of fused-ring (bicyclic) bond motifs is 9.